The number of thioether (sulfide) groups is 1. The van der Waals surface area contributed by atoms with E-state index in [1.807, 2.05) is 0 Å². The quantitative estimate of drug-likeness (QED) is 0.817. The van der Waals surface area contributed by atoms with Crippen LogP contribution in [0.4, 0.5) is 0 Å². The minimum absolute atomic E-state index is 0.715. The van der Waals surface area contributed by atoms with Crippen LogP contribution in [-0.2, 0) is 0 Å². The first-order valence-electron chi connectivity index (χ1n) is 6.79. The topological polar surface area (TPSA) is 15.3 Å². The fourth-order valence-electron chi connectivity index (χ4n) is 2.87. The fraction of sp³-hybridized carbons (Fsp3) is 1.00. The Morgan fingerprint density at radius 1 is 1.50 bits per heavy atom. The molecule has 2 nitrogen and oxygen atoms in total. The van der Waals surface area contributed by atoms with E-state index in [1.165, 1.54) is 37.4 Å². The zero-order valence-corrected chi connectivity index (χ0v) is 11.7. The van der Waals surface area contributed by atoms with Gasteiger partial charge in [-0.25, -0.2) is 0 Å². The largest absolute Gasteiger partial charge is 0.311 e. The molecule has 0 spiro atoms. The molecule has 0 aromatic rings. The Morgan fingerprint density at radius 2 is 2.31 bits per heavy atom. The van der Waals surface area contributed by atoms with E-state index in [9.17, 15) is 0 Å². The van der Waals surface area contributed by atoms with E-state index in [4.69, 9.17) is 0 Å². The molecule has 0 saturated carbocycles. The predicted octanol–water partition coefficient (Wildman–Crippen LogP) is 2.20. The second kappa shape index (κ2) is 5.74. The van der Waals surface area contributed by atoms with Gasteiger partial charge in [-0.1, -0.05) is 20.3 Å². The predicted molar refractivity (Wildman–Crippen MR) is 73.1 cm³/mol. The third-order valence-electron chi connectivity index (χ3n) is 4.35. The number of hydrogen-bond acceptors (Lipinski definition) is 3. The lowest BCUT2D eigenvalue weighted by atomic mass is 9.94. The summed E-state index contributed by atoms with van der Waals surface area (Å²) in [5, 5.41) is 3.72. The molecule has 0 bridgehead atoms. The van der Waals surface area contributed by atoms with Crippen molar-refractivity contribution in [2.24, 2.45) is 5.92 Å². The summed E-state index contributed by atoms with van der Waals surface area (Å²) in [6.07, 6.45) is 2.70. The molecule has 0 aromatic carbocycles. The molecule has 2 aliphatic heterocycles. The summed E-state index contributed by atoms with van der Waals surface area (Å²) in [7, 11) is 0. The van der Waals surface area contributed by atoms with Crippen LogP contribution in [0.1, 0.15) is 33.6 Å². The van der Waals surface area contributed by atoms with E-state index in [-0.39, 0.29) is 0 Å². The highest BCUT2D eigenvalue weighted by atomic mass is 32.2. The zero-order valence-electron chi connectivity index (χ0n) is 10.9. The number of hydrogen-bond donors (Lipinski definition) is 1. The molecule has 0 radical (unpaired) electrons. The second-order valence-corrected chi connectivity index (χ2v) is 6.61. The molecule has 2 heterocycles. The summed E-state index contributed by atoms with van der Waals surface area (Å²) in [5.41, 5.74) is 0. The lowest BCUT2D eigenvalue weighted by Crippen LogP contribution is -2.60. The molecule has 94 valence electrons. The van der Waals surface area contributed by atoms with E-state index < -0.39 is 0 Å². The summed E-state index contributed by atoms with van der Waals surface area (Å²) in [4.78, 5) is 2.77. The maximum atomic E-state index is 3.72. The van der Waals surface area contributed by atoms with Crippen molar-refractivity contribution in [3.05, 3.63) is 0 Å². The van der Waals surface area contributed by atoms with E-state index in [1.54, 1.807) is 0 Å². The molecular formula is C13H26N2S. The van der Waals surface area contributed by atoms with Crippen molar-refractivity contribution >= 4 is 11.8 Å². The summed E-state index contributed by atoms with van der Waals surface area (Å²) in [6.45, 7) is 9.51. The van der Waals surface area contributed by atoms with Crippen LogP contribution in [-0.4, -0.2) is 47.6 Å². The minimum atomic E-state index is 0.715. The maximum Gasteiger partial charge on any atom is 0.0221 e. The van der Waals surface area contributed by atoms with Crippen molar-refractivity contribution < 1.29 is 0 Å². The van der Waals surface area contributed by atoms with Crippen LogP contribution in [0.25, 0.3) is 0 Å². The van der Waals surface area contributed by atoms with Crippen molar-refractivity contribution in [3.8, 4) is 0 Å². The Balaban J connectivity index is 1.94. The number of rotatable bonds is 3. The first-order valence-corrected chi connectivity index (χ1v) is 7.94. The number of nitrogens with zero attached hydrogens (tertiary/aromatic N) is 1. The Morgan fingerprint density at radius 3 is 2.94 bits per heavy atom. The van der Waals surface area contributed by atoms with Crippen molar-refractivity contribution in [3.63, 3.8) is 0 Å². The molecule has 1 N–H and O–H groups in total. The van der Waals surface area contributed by atoms with Gasteiger partial charge in [-0.15, -0.1) is 0 Å². The highest BCUT2D eigenvalue weighted by Gasteiger charge is 2.33. The molecule has 2 saturated heterocycles. The molecule has 4 atom stereocenters. The van der Waals surface area contributed by atoms with Gasteiger partial charge in [-0.3, -0.25) is 4.90 Å². The normalized spacial score (nSPS) is 38.8. The second-order valence-electron chi connectivity index (χ2n) is 5.46. The maximum absolute atomic E-state index is 3.72. The molecule has 0 aromatic heterocycles. The molecular weight excluding hydrogens is 216 g/mol. The van der Waals surface area contributed by atoms with Gasteiger partial charge in [0.05, 0.1) is 0 Å². The molecule has 0 amide bonds. The molecule has 4 unspecified atom stereocenters. The molecule has 16 heavy (non-hydrogen) atoms. The van der Waals surface area contributed by atoms with Gasteiger partial charge in [0.2, 0.25) is 0 Å². The fourth-order valence-corrected chi connectivity index (χ4v) is 4.10. The van der Waals surface area contributed by atoms with Crippen LogP contribution in [0.5, 0.6) is 0 Å². The number of piperazine rings is 1. The lowest BCUT2D eigenvalue weighted by Gasteiger charge is -2.43. The Kier molecular flexibility index (Phi) is 4.57. The third kappa shape index (κ3) is 2.74. The molecule has 2 fully saturated rings. The molecule has 0 aliphatic carbocycles. The van der Waals surface area contributed by atoms with Crippen LogP contribution in [0, 0.1) is 5.92 Å². The monoisotopic (exact) mass is 242 g/mol. The van der Waals surface area contributed by atoms with Crippen molar-refractivity contribution in [2.45, 2.75) is 51.7 Å². The molecule has 2 aliphatic rings. The summed E-state index contributed by atoms with van der Waals surface area (Å²) >= 11 is 2.13. The van der Waals surface area contributed by atoms with Crippen molar-refractivity contribution in [2.75, 3.05) is 24.6 Å². The summed E-state index contributed by atoms with van der Waals surface area (Å²) < 4.78 is 0. The smallest absolute Gasteiger partial charge is 0.0221 e. The lowest BCUT2D eigenvalue weighted by molar-refractivity contribution is 0.0849. The van der Waals surface area contributed by atoms with Crippen LogP contribution in [0.2, 0.25) is 0 Å². The van der Waals surface area contributed by atoms with Gasteiger partial charge < -0.3 is 5.32 Å². The van der Waals surface area contributed by atoms with Gasteiger partial charge in [0.15, 0.2) is 0 Å². The highest BCUT2D eigenvalue weighted by Crippen LogP contribution is 2.26. The SMILES string of the molecule is CCC(C)C1CN(C2CCSC2)C(C)CN1. The first-order chi connectivity index (χ1) is 7.72. The van der Waals surface area contributed by atoms with Crippen LogP contribution in [0.3, 0.4) is 0 Å². The van der Waals surface area contributed by atoms with Crippen LogP contribution >= 0.6 is 11.8 Å². The molecule has 3 heteroatoms. The summed E-state index contributed by atoms with van der Waals surface area (Å²) in [5.74, 6) is 3.54. The van der Waals surface area contributed by atoms with Gasteiger partial charge in [-0.2, -0.15) is 11.8 Å². The van der Waals surface area contributed by atoms with E-state index in [0.29, 0.717) is 6.04 Å². The third-order valence-corrected chi connectivity index (χ3v) is 5.50. The van der Waals surface area contributed by atoms with Gasteiger partial charge in [0, 0.05) is 37.0 Å². The average molecular weight is 242 g/mol. The first kappa shape index (κ1) is 12.7. The minimum Gasteiger partial charge on any atom is -0.311 e. The van der Waals surface area contributed by atoms with E-state index >= 15 is 0 Å². The zero-order chi connectivity index (χ0) is 11.5. The van der Waals surface area contributed by atoms with Gasteiger partial charge >= 0.3 is 0 Å². The Hall–Kier alpha value is 0.270. The van der Waals surface area contributed by atoms with Crippen LogP contribution < -0.4 is 5.32 Å². The van der Waals surface area contributed by atoms with Gasteiger partial charge in [0.1, 0.15) is 0 Å². The number of nitrogens with one attached hydrogen (secondary N) is 1. The summed E-state index contributed by atoms with van der Waals surface area (Å²) in [6, 6.07) is 2.30. The highest BCUT2D eigenvalue weighted by molar-refractivity contribution is 7.99. The Labute approximate surface area is 105 Å². The Bertz CT molecular complexity index is 216. The molecule has 2 rings (SSSR count). The standard InChI is InChI=1S/C13H26N2S/c1-4-10(2)13-8-15(11(3)7-14-13)12-5-6-16-9-12/h10-14H,4-9H2,1-3H3. The van der Waals surface area contributed by atoms with E-state index in [2.05, 4.69) is 42.7 Å². The van der Waals surface area contributed by atoms with Gasteiger partial charge in [0.25, 0.3) is 0 Å². The van der Waals surface area contributed by atoms with Crippen molar-refractivity contribution in [1.82, 2.24) is 10.2 Å². The van der Waals surface area contributed by atoms with Gasteiger partial charge in [-0.05, 0) is 25.0 Å². The van der Waals surface area contributed by atoms with E-state index in [0.717, 1.165) is 18.0 Å². The van der Waals surface area contributed by atoms with Crippen LogP contribution in [0.15, 0.2) is 0 Å². The van der Waals surface area contributed by atoms with Crippen molar-refractivity contribution in [1.29, 1.82) is 0 Å². The average Bonchev–Trinajstić information content (AvgIpc) is 2.82.